The lowest BCUT2D eigenvalue weighted by atomic mass is 10.2. The molecule has 5 nitrogen and oxygen atoms in total. The van der Waals surface area contributed by atoms with Gasteiger partial charge in [0.05, 0.1) is 16.8 Å². The minimum Gasteiger partial charge on any atom is -0.367 e. The van der Waals surface area contributed by atoms with Crippen LogP contribution in [0, 0.1) is 6.92 Å². The molecule has 0 atom stereocenters. The summed E-state index contributed by atoms with van der Waals surface area (Å²) in [4.78, 5) is 4.38. The highest BCUT2D eigenvalue weighted by Gasteiger charge is 2.21. The van der Waals surface area contributed by atoms with Gasteiger partial charge in [-0.2, -0.15) is 0 Å². The van der Waals surface area contributed by atoms with Gasteiger partial charge in [-0.3, -0.25) is 4.72 Å². The highest BCUT2D eigenvalue weighted by molar-refractivity contribution is 7.92. The smallest absolute Gasteiger partial charge is 0.261 e. The van der Waals surface area contributed by atoms with Gasteiger partial charge in [0.25, 0.3) is 10.0 Å². The molecule has 0 aliphatic heterocycles. The van der Waals surface area contributed by atoms with Crippen LogP contribution in [0.4, 0.5) is 11.5 Å². The van der Waals surface area contributed by atoms with E-state index in [0.717, 1.165) is 18.7 Å². The van der Waals surface area contributed by atoms with Crippen molar-refractivity contribution in [3.05, 3.63) is 47.1 Å². The first-order valence-electron chi connectivity index (χ1n) is 6.95. The number of aryl methyl sites for hydroxylation is 1. The van der Waals surface area contributed by atoms with Crippen LogP contribution in [0.2, 0.25) is 5.02 Å². The van der Waals surface area contributed by atoms with Crippen molar-refractivity contribution in [1.82, 2.24) is 4.98 Å². The van der Waals surface area contributed by atoms with E-state index in [4.69, 9.17) is 11.6 Å². The Bertz CT molecular complexity index is 787. The van der Waals surface area contributed by atoms with Crippen molar-refractivity contribution in [2.24, 2.45) is 0 Å². The van der Waals surface area contributed by atoms with Crippen LogP contribution in [-0.2, 0) is 10.0 Å². The van der Waals surface area contributed by atoms with Crippen LogP contribution < -0.4 is 10.0 Å². The maximum Gasteiger partial charge on any atom is 0.261 e. The van der Waals surface area contributed by atoms with E-state index in [1.807, 2.05) is 0 Å². The molecule has 2 aromatic rings. The summed E-state index contributed by atoms with van der Waals surface area (Å²) in [5.74, 6) is 0.757. The number of anilines is 2. The third-order valence-corrected chi connectivity index (χ3v) is 5.19. The molecular weight excluding hydrogens is 322 g/mol. The Kier molecular flexibility index (Phi) is 3.97. The van der Waals surface area contributed by atoms with Gasteiger partial charge in [0, 0.05) is 11.1 Å². The molecule has 0 bridgehead atoms. The number of nitrogens with zero attached hydrogens (tertiary/aromatic N) is 1. The molecule has 0 saturated heterocycles. The molecule has 1 aromatic carbocycles. The molecule has 1 saturated carbocycles. The van der Waals surface area contributed by atoms with E-state index in [0.29, 0.717) is 22.3 Å². The monoisotopic (exact) mass is 337 g/mol. The van der Waals surface area contributed by atoms with Gasteiger partial charge in [-0.25, -0.2) is 13.4 Å². The number of aromatic nitrogens is 1. The van der Waals surface area contributed by atoms with Gasteiger partial charge in [0.1, 0.15) is 5.82 Å². The summed E-state index contributed by atoms with van der Waals surface area (Å²) in [5.41, 5.74) is 1.14. The van der Waals surface area contributed by atoms with E-state index in [-0.39, 0.29) is 4.90 Å². The largest absolute Gasteiger partial charge is 0.367 e. The fourth-order valence-corrected chi connectivity index (χ4v) is 3.22. The van der Waals surface area contributed by atoms with Gasteiger partial charge < -0.3 is 5.32 Å². The van der Waals surface area contributed by atoms with Crippen molar-refractivity contribution < 1.29 is 8.42 Å². The minimum atomic E-state index is -3.65. The molecule has 1 aliphatic rings. The van der Waals surface area contributed by atoms with Crippen molar-refractivity contribution in [3.8, 4) is 0 Å². The van der Waals surface area contributed by atoms with Crippen molar-refractivity contribution >= 4 is 33.1 Å². The third-order valence-electron chi connectivity index (χ3n) is 3.38. The maximum atomic E-state index is 12.3. The Morgan fingerprint density at radius 1 is 1.23 bits per heavy atom. The van der Waals surface area contributed by atoms with Gasteiger partial charge in [-0.05, 0) is 55.7 Å². The third kappa shape index (κ3) is 3.51. The summed E-state index contributed by atoms with van der Waals surface area (Å²) in [5, 5.41) is 3.79. The van der Waals surface area contributed by atoms with Crippen LogP contribution in [0.25, 0.3) is 0 Å². The Labute approximate surface area is 134 Å². The van der Waals surface area contributed by atoms with E-state index in [2.05, 4.69) is 15.0 Å². The molecule has 116 valence electrons. The van der Waals surface area contributed by atoms with Gasteiger partial charge in [0.2, 0.25) is 0 Å². The van der Waals surface area contributed by atoms with E-state index < -0.39 is 10.0 Å². The molecule has 0 spiro atoms. The number of nitrogens with one attached hydrogen (secondary N) is 2. The predicted octanol–water partition coefficient (Wildman–Crippen LogP) is 3.42. The average Bonchev–Trinajstić information content (AvgIpc) is 3.27. The number of benzene rings is 1. The van der Waals surface area contributed by atoms with E-state index in [9.17, 15) is 8.42 Å². The van der Waals surface area contributed by atoms with Crippen LogP contribution in [-0.4, -0.2) is 19.4 Å². The Morgan fingerprint density at radius 3 is 2.59 bits per heavy atom. The SMILES string of the molecule is Cc1cc(S(=O)(=O)Nc2ccc(NC3CC3)nc2)ccc1Cl. The first kappa shape index (κ1) is 15.1. The number of hydrogen-bond donors (Lipinski definition) is 2. The molecule has 0 radical (unpaired) electrons. The molecule has 2 N–H and O–H groups in total. The summed E-state index contributed by atoms with van der Waals surface area (Å²) < 4.78 is 27.2. The second-order valence-corrected chi connectivity index (χ2v) is 7.46. The molecule has 22 heavy (non-hydrogen) atoms. The molecule has 0 amide bonds. The first-order chi connectivity index (χ1) is 10.4. The standard InChI is InChI=1S/C15H16ClN3O2S/c1-10-8-13(5-6-14(10)16)22(20,21)19-12-4-7-15(17-9-12)18-11-2-3-11/h4-9,11,19H,2-3H2,1H3,(H,17,18). The van der Waals surface area contributed by atoms with Crippen LogP contribution in [0.1, 0.15) is 18.4 Å². The van der Waals surface area contributed by atoms with Gasteiger partial charge in [0.15, 0.2) is 0 Å². The van der Waals surface area contributed by atoms with Crippen LogP contribution in [0.3, 0.4) is 0 Å². The van der Waals surface area contributed by atoms with Crippen LogP contribution in [0.5, 0.6) is 0 Å². The molecule has 1 heterocycles. The van der Waals surface area contributed by atoms with Gasteiger partial charge >= 0.3 is 0 Å². The minimum absolute atomic E-state index is 0.176. The predicted molar refractivity (Wildman–Crippen MR) is 87.9 cm³/mol. The first-order valence-corrected chi connectivity index (χ1v) is 8.82. The molecule has 0 unspecified atom stereocenters. The van der Waals surface area contributed by atoms with Crippen molar-refractivity contribution in [2.45, 2.75) is 30.7 Å². The zero-order valence-electron chi connectivity index (χ0n) is 12.0. The van der Waals surface area contributed by atoms with Gasteiger partial charge in [-0.1, -0.05) is 11.6 Å². The molecule has 7 heteroatoms. The summed E-state index contributed by atoms with van der Waals surface area (Å²) in [6, 6.07) is 8.57. The van der Waals surface area contributed by atoms with Gasteiger partial charge in [-0.15, -0.1) is 0 Å². The molecule has 1 aliphatic carbocycles. The summed E-state index contributed by atoms with van der Waals surface area (Å²) in [6.45, 7) is 1.77. The molecule has 3 rings (SSSR count). The Balaban J connectivity index is 1.76. The molecule has 1 aromatic heterocycles. The average molecular weight is 338 g/mol. The highest BCUT2D eigenvalue weighted by atomic mass is 35.5. The molecule has 1 fully saturated rings. The lowest BCUT2D eigenvalue weighted by Crippen LogP contribution is -2.13. The Hall–Kier alpha value is -1.79. The lowest BCUT2D eigenvalue weighted by molar-refractivity contribution is 0.601. The van der Waals surface area contributed by atoms with Crippen molar-refractivity contribution in [3.63, 3.8) is 0 Å². The fraction of sp³-hybridized carbons (Fsp3) is 0.267. The maximum absolute atomic E-state index is 12.3. The normalized spacial score (nSPS) is 14.6. The highest BCUT2D eigenvalue weighted by Crippen LogP contribution is 2.25. The number of hydrogen-bond acceptors (Lipinski definition) is 4. The second kappa shape index (κ2) is 5.78. The van der Waals surface area contributed by atoms with Crippen molar-refractivity contribution in [2.75, 3.05) is 10.0 Å². The number of rotatable bonds is 5. The van der Waals surface area contributed by atoms with E-state index >= 15 is 0 Å². The number of halogens is 1. The van der Waals surface area contributed by atoms with E-state index in [1.165, 1.54) is 12.3 Å². The van der Waals surface area contributed by atoms with E-state index in [1.54, 1.807) is 31.2 Å². The van der Waals surface area contributed by atoms with Crippen molar-refractivity contribution in [1.29, 1.82) is 0 Å². The number of sulfonamides is 1. The van der Waals surface area contributed by atoms with Crippen LogP contribution in [0.15, 0.2) is 41.4 Å². The lowest BCUT2D eigenvalue weighted by Gasteiger charge is -2.10. The van der Waals surface area contributed by atoms with Crippen LogP contribution >= 0.6 is 11.6 Å². The zero-order chi connectivity index (χ0) is 15.7. The number of pyridine rings is 1. The fourth-order valence-electron chi connectivity index (χ4n) is 1.97. The quantitative estimate of drug-likeness (QED) is 0.877. The summed E-state index contributed by atoms with van der Waals surface area (Å²) in [6.07, 6.45) is 3.82. The second-order valence-electron chi connectivity index (χ2n) is 5.37. The summed E-state index contributed by atoms with van der Waals surface area (Å²) in [7, 11) is -3.65. The molecular formula is C15H16ClN3O2S. The summed E-state index contributed by atoms with van der Waals surface area (Å²) >= 11 is 5.92. The topological polar surface area (TPSA) is 71.1 Å². The Morgan fingerprint density at radius 2 is 2.00 bits per heavy atom. The zero-order valence-corrected chi connectivity index (χ0v) is 13.6.